The van der Waals surface area contributed by atoms with E-state index in [1.807, 2.05) is 24.3 Å². The third kappa shape index (κ3) is 4.35. The van der Waals surface area contributed by atoms with Gasteiger partial charge in [-0.05, 0) is 61.7 Å². The third-order valence-electron chi connectivity index (χ3n) is 4.83. The lowest BCUT2D eigenvalue weighted by Gasteiger charge is -2.09. The van der Waals surface area contributed by atoms with E-state index in [1.54, 1.807) is 12.1 Å². The number of nitriles is 1. The van der Waals surface area contributed by atoms with Crippen molar-refractivity contribution in [3.63, 3.8) is 0 Å². The summed E-state index contributed by atoms with van der Waals surface area (Å²) in [6, 6.07) is 16.3. The molecule has 3 rings (SSSR count). The van der Waals surface area contributed by atoms with Crippen LogP contribution in [0, 0.1) is 11.3 Å². The van der Waals surface area contributed by atoms with Crippen LogP contribution >= 0.6 is 0 Å². The minimum Gasteiger partial charge on any atom is -0.326 e. The summed E-state index contributed by atoms with van der Waals surface area (Å²) in [6.07, 6.45) is 2.59. The molecule has 0 radical (unpaired) electrons. The molecule has 0 unspecified atom stereocenters. The topological polar surface area (TPSA) is 99.1 Å². The predicted molar refractivity (Wildman–Crippen MR) is 103 cm³/mol. The fraction of sp³-hybridized carbons (Fsp3) is 0.300. The van der Waals surface area contributed by atoms with Crippen LogP contribution in [0.5, 0.6) is 0 Å². The highest BCUT2D eigenvalue weighted by molar-refractivity contribution is 7.89. The van der Waals surface area contributed by atoms with Gasteiger partial charge in [0.25, 0.3) is 0 Å². The lowest BCUT2D eigenvalue weighted by Crippen LogP contribution is -2.18. The zero-order valence-corrected chi connectivity index (χ0v) is 15.8. The fourth-order valence-electron chi connectivity index (χ4n) is 2.90. The monoisotopic (exact) mass is 383 g/mol. The van der Waals surface area contributed by atoms with Gasteiger partial charge in [-0.2, -0.15) is 5.26 Å². The molecule has 0 bridgehead atoms. The second-order valence-corrected chi connectivity index (χ2v) is 8.56. The maximum Gasteiger partial charge on any atom is 0.240 e. The van der Waals surface area contributed by atoms with Crippen molar-refractivity contribution in [2.45, 2.75) is 36.0 Å². The molecule has 1 aliphatic rings. The molecule has 1 saturated carbocycles. The molecule has 2 aromatic carbocycles. The first-order valence-corrected chi connectivity index (χ1v) is 10.2. The average Bonchev–Trinajstić information content (AvgIpc) is 3.48. The van der Waals surface area contributed by atoms with Gasteiger partial charge in [-0.1, -0.05) is 24.3 Å². The molecule has 1 aliphatic carbocycles. The Balaban J connectivity index is 1.53. The Kier molecular flexibility index (Phi) is 5.31. The number of hydrogen-bond acceptors (Lipinski definition) is 4. The molecule has 7 heteroatoms. The SMILES string of the molecule is CNS(=O)(=O)c1ccc(CCC(=O)Nc2ccc(C3(C#N)CC3)cc2)cc1. The lowest BCUT2D eigenvalue weighted by atomic mass is 9.98. The summed E-state index contributed by atoms with van der Waals surface area (Å²) in [4.78, 5) is 12.3. The summed E-state index contributed by atoms with van der Waals surface area (Å²) < 4.78 is 25.7. The molecule has 1 amide bonds. The second kappa shape index (κ2) is 7.51. The summed E-state index contributed by atoms with van der Waals surface area (Å²) in [5, 5.41) is 12.1. The largest absolute Gasteiger partial charge is 0.326 e. The van der Waals surface area contributed by atoms with E-state index < -0.39 is 10.0 Å². The molecule has 2 aromatic rings. The van der Waals surface area contributed by atoms with Crippen LogP contribution in [0.25, 0.3) is 0 Å². The van der Waals surface area contributed by atoms with E-state index in [0.717, 1.165) is 24.0 Å². The molecule has 27 heavy (non-hydrogen) atoms. The number of nitrogens with one attached hydrogen (secondary N) is 2. The van der Waals surface area contributed by atoms with Crippen LogP contribution in [0.4, 0.5) is 5.69 Å². The Morgan fingerprint density at radius 2 is 1.74 bits per heavy atom. The van der Waals surface area contributed by atoms with E-state index in [4.69, 9.17) is 0 Å². The number of carbonyl (C=O) groups excluding carboxylic acids is 1. The number of rotatable bonds is 7. The minimum absolute atomic E-state index is 0.115. The first-order valence-electron chi connectivity index (χ1n) is 8.73. The van der Waals surface area contributed by atoms with Crippen molar-refractivity contribution < 1.29 is 13.2 Å². The average molecular weight is 383 g/mol. The number of aryl methyl sites for hydroxylation is 1. The van der Waals surface area contributed by atoms with Crippen molar-refractivity contribution in [3.8, 4) is 6.07 Å². The molecule has 6 nitrogen and oxygen atoms in total. The molecule has 0 aliphatic heterocycles. The fourth-order valence-corrected chi connectivity index (χ4v) is 3.63. The van der Waals surface area contributed by atoms with Gasteiger partial charge in [-0.15, -0.1) is 0 Å². The molecule has 140 valence electrons. The van der Waals surface area contributed by atoms with Crippen molar-refractivity contribution in [3.05, 3.63) is 59.7 Å². The van der Waals surface area contributed by atoms with Gasteiger partial charge in [0.1, 0.15) is 0 Å². The first kappa shape index (κ1) is 19.1. The Hall–Kier alpha value is -2.69. The number of benzene rings is 2. The van der Waals surface area contributed by atoms with Crippen LogP contribution in [0.1, 0.15) is 30.4 Å². The van der Waals surface area contributed by atoms with Gasteiger partial charge in [-0.3, -0.25) is 4.79 Å². The summed E-state index contributed by atoms with van der Waals surface area (Å²) in [6.45, 7) is 0. The standard InChI is InChI=1S/C20H21N3O3S/c1-22-27(25,26)18-9-2-15(3-10-18)4-11-19(24)23-17-7-5-16(6-8-17)20(14-21)12-13-20/h2-3,5-10,22H,4,11-13H2,1H3,(H,23,24). The van der Waals surface area contributed by atoms with Gasteiger partial charge in [0.05, 0.1) is 16.4 Å². The van der Waals surface area contributed by atoms with Gasteiger partial charge >= 0.3 is 0 Å². The molecule has 2 N–H and O–H groups in total. The maximum atomic E-state index is 12.1. The zero-order chi connectivity index (χ0) is 19.5. The normalized spacial score (nSPS) is 15.0. The van der Waals surface area contributed by atoms with Gasteiger partial charge in [0.15, 0.2) is 0 Å². The number of amides is 1. The van der Waals surface area contributed by atoms with E-state index in [2.05, 4.69) is 16.1 Å². The highest BCUT2D eigenvalue weighted by Crippen LogP contribution is 2.47. The minimum atomic E-state index is -3.45. The van der Waals surface area contributed by atoms with Crippen molar-refractivity contribution in [1.82, 2.24) is 4.72 Å². The van der Waals surface area contributed by atoms with Crippen LogP contribution in [0.15, 0.2) is 53.4 Å². The summed E-state index contributed by atoms with van der Waals surface area (Å²) in [7, 11) is -2.08. The molecule has 0 spiro atoms. The van der Waals surface area contributed by atoms with Gasteiger partial charge < -0.3 is 5.32 Å². The van der Waals surface area contributed by atoms with Crippen LogP contribution in [-0.2, 0) is 26.7 Å². The number of carbonyl (C=O) groups is 1. The summed E-state index contributed by atoms with van der Waals surface area (Å²) in [5.41, 5.74) is 2.27. The van der Waals surface area contributed by atoms with E-state index in [1.165, 1.54) is 19.2 Å². The lowest BCUT2D eigenvalue weighted by molar-refractivity contribution is -0.116. The van der Waals surface area contributed by atoms with Crippen LogP contribution < -0.4 is 10.0 Å². The Morgan fingerprint density at radius 1 is 1.11 bits per heavy atom. The van der Waals surface area contributed by atoms with Gasteiger partial charge in [0.2, 0.25) is 15.9 Å². The summed E-state index contributed by atoms with van der Waals surface area (Å²) >= 11 is 0. The van der Waals surface area contributed by atoms with Crippen molar-refractivity contribution in [2.75, 3.05) is 12.4 Å². The highest BCUT2D eigenvalue weighted by Gasteiger charge is 2.44. The van der Waals surface area contributed by atoms with Crippen molar-refractivity contribution >= 4 is 21.6 Å². The first-order chi connectivity index (χ1) is 12.9. The predicted octanol–water partition coefficient (Wildman–Crippen LogP) is 2.72. The van der Waals surface area contributed by atoms with Crippen molar-refractivity contribution in [2.24, 2.45) is 0 Å². The maximum absolute atomic E-state index is 12.1. The molecular formula is C20H21N3O3S. The summed E-state index contributed by atoms with van der Waals surface area (Å²) in [5.74, 6) is -0.115. The molecule has 0 aromatic heterocycles. The van der Waals surface area contributed by atoms with Gasteiger partial charge in [0, 0.05) is 12.1 Å². The number of sulfonamides is 1. The Bertz CT molecular complexity index is 971. The van der Waals surface area contributed by atoms with Crippen LogP contribution in [0.3, 0.4) is 0 Å². The van der Waals surface area contributed by atoms with E-state index >= 15 is 0 Å². The molecule has 0 saturated heterocycles. The molecule has 0 heterocycles. The number of hydrogen-bond donors (Lipinski definition) is 2. The molecular weight excluding hydrogens is 362 g/mol. The zero-order valence-electron chi connectivity index (χ0n) is 15.0. The van der Waals surface area contributed by atoms with Gasteiger partial charge in [-0.25, -0.2) is 13.1 Å². The molecule has 0 atom stereocenters. The highest BCUT2D eigenvalue weighted by atomic mass is 32.2. The quantitative estimate of drug-likeness (QED) is 0.768. The third-order valence-corrected chi connectivity index (χ3v) is 6.26. The second-order valence-electron chi connectivity index (χ2n) is 6.67. The number of nitrogens with zero attached hydrogens (tertiary/aromatic N) is 1. The molecule has 1 fully saturated rings. The Labute approximate surface area is 159 Å². The van der Waals surface area contributed by atoms with Crippen molar-refractivity contribution in [1.29, 1.82) is 5.26 Å². The number of anilines is 1. The van der Waals surface area contributed by atoms with Crippen LogP contribution in [0.2, 0.25) is 0 Å². The van der Waals surface area contributed by atoms with Crippen LogP contribution in [-0.4, -0.2) is 21.4 Å². The van der Waals surface area contributed by atoms with E-state index in [-0.39, 0.29) is 16.2 Å². The van der Waals surface area contributed by atoms with E-state index in [0.29, 0.717) is 18.5 Å². The Morgan fingerprint density at radius 3 is 2.26 bits per heavy atom. The van der Waals surface area contributed by atoms with E-state index in [9.17, 15) is 18.5 Å². The smallest absolute Gasteiger partial charge is 0.240 e.